The summed E-state index contributed by atoms with van der Waals surface area (Å²) in [6, 6.07) is 41.6. The summed E-state index contributed by atoms with van der Waals surface area (Å²) in [5.74, 6) is 0. The molecule has 0 atom stereocenters. The molecule has 0 radical (unpaired) electrons. The van der Waals surface area contributed by atoms with Crippen molar-refractivity contribution in [1.82, 2.24) is 0 Å². The van der Waals surface area contributed by atoms with Crippen LogP contribution in [0.4, 0.5) is 0 Å². The number of rotatable bonds is 5. The maximum absolute atomic E-state index is 7.00. The molecule has 298 valence electrons. The number of hydrogen-bond acceptors (Lipinski definition) is 1. The topological polar surface area (TPSA) is 20.2 Å². The van der Waals surface area contributed by atoms with Gasteiger partial charge in [-0.1, -0.05) is 268 Å². The highest BCUT2D eigenvalue weighted by Gasteiger charge is 2.31. The molecular weight excluding hydrogens is 617 g/mol. The molecule has 1 heteroatoms. The lowest BCUT2D eigenvalue weighted by Gasteiger charge is -2.33. The quantitative estimate of drug-likeness (QED) is 0.205. The number of aliphatic hydroxyl groups is 1. The third kappa shape index (κ3) is 25.4. The van der Waals surface area contributed by atoms with Crippen molar-refractivity contribution in [1.29, 1.82) is 0 Å². The zero-order chi connectivity index (χ0) is 42.3. The van der Waals surface area contributed by atoms with Crippen LogP contribution in [-0.4, -0.2) is 12.2 Å². The van der Waals surface area contributed by atoms with Gasteiger partial charge in [-0.2, -0.15) is 0 Å². The van der Waals surface area contributed by atoms with Crippen molar-refractivity contribution in [3.05, 3.63) is 143 Å². The van der Waals surface area contributed by atoms with Gasteiger partial charge in [0.15, 0.2) is 0 Å². The summed E-state index contributed by atoms with van der Waals surface area (Å²) in [6.45, 7) is 46.9. The predicted molar refractivity (Wildman–Crippen MR) is 245 cm³/mol. The van der Waals surface area contributed by atoms with Gasteiger partial charge in [-0.25, -0.2) is 0 Å². The second kappa shape index (κ2) is 53.6. The maximum Gasteiger partial charge on any atom is 0.0423 e. The van der Waals surface area contributed by atoms with Crippen LogP contribution in [0.2, 0.25) is 0 Å². The largest absolute Gasteiger partial charge is 0.400 e. The number of aliphatic hydroxyl groups excluding tert-OH is 1. The van der Waals surface area contributed by atoms with Gasteiger partial charge >= 0.3 is 0 Å². The van der Waals surface area contributed by atoms with Gasteiger partial charge in [0.1, 0.15) is 0 Å². The lowest BCUT2D eigenvalue weighted by atomic mass is 9.70. The standard InChI is InChI=1S/C29H28.10C2H6.CH4O/c1-28(2,23-13-7-4-8-14-23)24-19-21-27(22-20-24)29(3,25-15-9-5-10-16-25)26-17-11-6-12-18-26;11*1-2/h4-22H,1-3H3;10*1-2H3;2H,1H3. The van der Waals surface area contributed by atoms with Crippen LogP contribution in [0.15, 0.2) is 115 Å². The first-order valence-corrected chi connectivity index (χ1v) is 20.8. The summed E-state index contributed by atoms with van der Waals surface area (Å²) in [5.41, 5.74) is 6.36. The Balaban J connectivity index is -0.000000120. The fraction of sp³-hybridized carbons (Fsp3) is 0.520. The van der Waals surface area contributed by atoms with E-state index in [1.54, 1.807) is 0 Å². The van der Waals surface area contributed by atoms with Gasteiger partial charge in [-0.15, -0.1) is 0 Å². The summed E-state index contributed by atoms with van der Waals surface area (Å²) >= 11 is 0. The first-order chi connectivity index (χ1) is 25.0. The first kappa shape index (κ1) is 66.1. The Morgan fingerprint density at radius 3 is 0.647 bits per heavy atom. The van der Waals surface area contributed by atoms with E-state index in [9.17, 15) is 0 Å². The highest BCUT2D eigenvalue weighted by molar-refractivity contribution is 5.51. The zero-order valence-corrected chi connectivity index (χ0v) is 38.9. The molecule has 0 fully saturated rings. The van der Waals surface area contributed by atoms with Gasteiger partial charge < -0.3 is 5.11 Å². The van der Waals surface area contributed by atoms with Crippen LogP contribution in [0.3, 0.4) is 0 Å². The highest BCUT2D eigenvalue weighted by atomic mass is 16.2. The number of hydrogen-bond donors (Lipinski definition) is 1. The van der Waals surface area contributed by atoms with E-state index in [4.69, 9.17) is 5.11 Å². The Labute approximate surface area is 324 Å². The molecular formula is C50H92O. The predicted octanol–water partition coefficient (Wildman–Crippen LogP) is 17.2. The van der Waals surface area contributed by atoms with Gasteiger partial charge in [0, 0.05) is 17.9 Å². The van der Waals surface area contributed by atoms with Crippen LogP contribution in [0.1, 0.15) is 187 Å². The average Bonchev–Trinajstić information content (AvgIpc) is 3.29. The zero-order valence-electron chi connectivity index (χ0n) is 38.9. The molecule has 0 aromatic heterocycles. The van der Waals surface area contributed by atoms with E-state index in [-0.39, 0.29) is 10.8 Å². The van der Waals surface area contributed by atoms with Crippen LogP contribution in [0.5, 0.6) is 0 Å². The van der Waals surface area contributed by atoms with Gasteiger partial charge in [0.25, 0.3) is 0 Å². The molecule has 0 spiro atoms. The van der Waals surface area contributed by atoms with Crippen molar-refractivity contribution in [2.45, 2.75) is 170 Å². The van der Waals surface area contributed by atoms with Crippen LogP contribution < -0.4 is 0 Å². The van der Waals surface area contributed by atoms with Gasteiger partial charge in [0.05, 0.1) is 0 Å². The third-order valence-corrected chi connectivity index (χ3v) is 6.38. The van der Waals surface area contributed by atoms with Crippen molar-refractivity contribution >= 4 is 0 Å². The Morgan fingerprint density at radius 2 is 0.412 bits per heavy atom. The van der Waals surface area contributed by atoms with E-state index in [1.165, 1.54) is 27.8 Å². The molecule has 4 aromatic carbocycles. The van der Waals surface area contributed by atoms with Gasteiger partial charge in [-0.3, -0.25) is 0 Å². The lowest BCUT2D eigenvalue weighted by molar-refractivity contribution is 0.399. The van der Waals surface area contributed by atoms with E-state index in [0.29, 0.717) is 0 Å². The Hall–Kier alpha value is -3.16. The normalized spacial score (nSPS) is 8.10. The molecule has 0 bridgehead atoms. The Kier molecular flexibility index (Phi) is 69.5. The molecule has 0 saturated heterocycles. The second-order valence-electron chi connectivity index (χ2n) is 8.43. The minimum Gasteiger partial charge on any atom is -0.400 e. The summed E-state index contributed by atoms with van der Waals surface area (Å²) in [6.07, 6.45) is 0. The van der Waals surface area contributed by atoms with Crippen LogP contribution in [-0.2, 0) is 10.8 Å². The summed E-state index contributed by atoms with van der Waals surface area (Å²) in [7, 11) is 1.00. The summed E-state index contributed by atoms with van der Waals surface area (Å²) in [4.78, 5) is 0. The van der Waals surface area contributed by atoms with Crippen molar-refractivity contribution in [2.75, 3.05) is 7.11 Å². The SMILES string of the molecule is CC.CC.CC.CC.CC.CC.CC.CC.CC.CC.CC(C)(c1ccccc1)c1ccc(C(C)(c2ccccc2)c2ccccc2)cc1.CO. The molecule has 1 N–H and O–H groups in total. The fourth-order valence-corrected chi connectivity index (χ4v) is 4.28. The van der Waals surface area contributed by atoms with Gasteiger partial charge in [0.2, 0.25) is 0 Å². The minimum absolute atomic E-state index is 0.0321. The Bertz CT molecular complexity index is 1010. The average molecular weight is 709 g/mol. The van der Waals surface area contributed by atoms with Crippen LogP contribution >= 0.6 is 0 Å². The molecule has 0 unspecified atom stereocenters. The van der Waals surface area contributed by atoms with Crippen molar-refractivity contribution in [3.63, 3.8) is 0 Å². The Morgan fingerprint density at radius 1 is 0.255 bits per heavy atom. The summed E-state index contributed by atoms with van der Waals surface area (Å²) in [5, 5.41) is 7.00. The smallest absolute Gasteiger partial charge is 0.0423 e. The van der Waals surface area contributed by atoms with E-state index in [2.05, 4.69) is 136 Å². The lowest BCUT2D eigenvalue weighted by Crippen LogP contribution is -2.26. The molecule has 4 rings (SSSR count). The molecule has 0 amide bonds. The molecule has 0 aliphatic rings. The minimum atomic E-state index is -0.196. The molecule has 1 nitrogen and oxygen atoms in total. The molecule has 0 heterocycles. The van der Waals surface area contributed by atoms with E-state index >= 15 is 0 Å². The van der Waals surface area contributed by atoms with E-state index < -0.39 is 0 Å². The molecule has 4 aromatic rings. The van der Waals surface area contributed by atoms with Crippen molar-refractivity contribution in [2.24, 2.45) is 0 Å². The highest BCUT2D eigenvalue weighted by Crippen LogP contribution is 2.40. The monoisotopic (exact) mass is 709 g/mol. The summed E-state index contributed by atoms with van der Waals surface area (Å²) < 4.78 is 0. The molecule has 0 aliphatic carbocycles. The maximum atomic E-state index is 7.00. The van der Waals surface area contributed by atoms with Crippen molar-refractivity contribution < 1.29 is 5.11 Å². The second-order valence-corrected chi connectivity index (χ2v) is 8.43. The third-order valence-electron chi connectivity index (χ3n) is 6.38. The molecule has 0 aliphatic heterocycles. The molecule has 51 heavy (non-hydrogen) atoms. The number of benzene rings is 4. The van der Waals surface area contributed by atoms with Gasteiger partial charge in [-0.05, 0) is 34.7 Å². The van der Waals surface area contributed by atoms with Crippen LogP contribution in [0, 0.1) is 0 Å². The molecule has 0 saturated carbocycles. The first-order valence-electron chi connectivity index (χ1n) is 20.8. The van der Waals surface area contributed by atoms with Crippen LogP contribution in [0.25, 0.3) is 0 Å². The van der Waals surface area contributed by atoms with E-state index in [0.717, 1.165) is 7.11 Å². The van der Waals surface area contributed by atoms with Crippen molar-refractivity contribution in [3.8, 4) is 0 Å². The fourth-order valence-electron chi connectivity index (χ4n) is 4.28. The van der Waals surface area contributed by atoms with E-state index in [1.807, 2.05) is 138 Å².